The van der Waals surface area contributed by atoms with Crippen molar-refractivity contribution < 1.29 is 9.53 Å². The molecule has 0 aliphatic carbocycles. The van der Waals surface area contributed by atoms with E-state index < -0.39 is 0 Å². The lowest BCUT2D eigenvalue weighted by atomic mass is 9.95. The third kappa shape index (κ3) is 4.17. The van der Waals surface area contributed by atoms with Gasteiger partial charge in [0, 0.05) is 34.6 Å². The van der Waals surface area contributed by atoms with E-state index in [4.69, 9.17) is 16.3 Å². The van der Waals surface area contributed by atoms with Gasteiger partial charge in [-0.3, -0.25) is 9.20 Å². The van der Waals surface area contributed by atoms with Gasteiger partial charge in [0.1, 0.15) is 17.1 Å². The van der Waals surface area contributed by atoms with Crippen molar-refractivity contribution in [1.29, 1.82) is 0 Å². The zero-order chi connectivity index (χ0) is 26.4. The van der Waals surface area contributed by atoms with Crippen LogP contribution in [0.5, 0.6) is 5.75 Å². The van der Waals surface area contributed by atoms with Gasteiger partial charge in [-0.2, -0.15) is 0 Å². The number of benzene rings is 3. The maximum atomic E-state index is 14.1. The highest BCUT2D eigenvalue weighted by atomic mass is 35.5. The minimum Gasteiger partial charge on any atom is -0.497 e. The number of aryl methyl sites for hydroxylation is 4. The van der Waals surface area contributed by atoms with E-state index in [1.807, 2.05) is 24.3 Å². The molecule has 6 rings (SSSR count). The lowest BCUT2D eigenvalue weighted by Crippen LogP contribution is -2.15. The van der Waals surface area contributed by atoms with Crippen molar-refractivity contribution in [3.8, 4) is 28.1 Å². The first-order chi connectivity index (χ1) is 18.4. The fraction of sp³-hybridized carbons (Fsp3) is 0.219. The summed E-state index contributed by atoms with van der Waals surface area (Å²) >= 11 is 6.23. The summed E-state index contributed by atoms with van der Waals surface area (Å²) in [5.41, 5.74) is 10.4. The van der Waals surface area contributed by atoms with Gasteiger partial charge in [-0.15, -0.1) is 0 Å². The van der Waals surface area contributed by atoms with Gasteiger partial charge in [-0.25, -0.2) is 0 Å². The number of amides is 1. The molecule has 1 aliphatic rings. The average molecular weight is 524 g/mol. The van der Waals surface area contributed by atoms with Crippen LogP contribution in [0.2, 0.25) is 5.02 Å². The van der Waals surface area contributed by atoms with Crippen LogP contribution in [-0.2, 0) is 13.0 Å². The number of hydrogen-bond donors (Lipinski definition) is 1. The number of rotatable bonds is 5. The predicted molar refractivity (Wildman–Crippen MR) is 155 cm³/mol. The topological polar surface area (TPSA) is 47.7 Å². The normalized spacial score (nSPS) is 12.9. The third-order valence-corrected chi connectivity index (χ3v) is 7.85. The number of ether oxygens (including phenoxy) is 1. The Labute approximate surface area is 227 Å². The van der Waals surface area contributed by atoms with Crippen LogP contribution in [0.25, 0.3) is 28.0 Å². The fourth-order valence-corrected chi connectivity index (χ4v) is 5.76. The molecule has 3 heterocycles. The summed E-state index contributed by atoms with van der Waals surface area (Å²) in [4.78, 5) is 14.1. The van der Waals surface area contributed by atoms with Crippen LogP contribution in [0, 0.1) is 13.8 Å². The molecule has 1 N–H and O–H groups in total. The Balaban J connectivity index is 1.60. The van der Waals surface area contributed by atoms with Gasteiger partial charge in [-0.1, -0.05) is 35.9 Å². The molecule has 5 nitrogen and oxygen atoms in total. The molecule has 0 bridgehead atoms. The summed E-state index contributed by atoms with van der Waals surface area (Å²) in [6, 6.07) is 21.9. The molecule has 0 radical (unpaired) electrons. The van der Waals surface area contributed by atoms with Crippen LogP contribution >= 0.6 is 11.6 Å². The number of carbonyl (C=O) groups is 1. The number of halogens is 1. The van der Waals surface area contributed by atoms with Crippen LogP contribution in [0.1, 0.15) is 40.0 Å². The second-order valence-electron chi connectivity index (χ2n) is 10.0. The minimum atomic E-state index is -0.152. The van der Waals surface area contributed by atoms with E-state index in [1.54, 1.807) is 19.2 Å². The second kappa shape index (κ2) is 9.73. The van der Waals surface area contributed by atoms with Gasteiger partial charge >= 0.3 is 0 Å². The molecular formula is C32H30ClN3O2. The molecular weight excluding hydrogens is 494 g/mol. The van der Waals surface area contributed by atoms with E-state index in [-0.39, 0.29) is 5.91 Å². The Morgan fingerprint density at radius 2 is 1.74 bits per heavy atom. The van der Waals surface area contributed by atoms with E-state index in [0.717, 1.165) is 59.6 Å². The SMILES string of the molecule is COc1ccc(-c2cn3c(C(=O)Nc4cccc(Cl)c4)c(-c4ccc(C)c(C)c4)c4c3n2CCCC4)cc1. The standard InChI is InChI=1S/C32H30ClN3O2/c1-20-10-11-23(17-21(20)2)29-27-9-4-5-16-35-28(22-12-14-26(38-3)15-13-22)19-36(32(27)35)30(29)31(37)34-25-8-6-7-24(33)18-25/h6-8,10-15,17-19H,4-5,9,16H2,1-3H3,(H,34,37). The first-order valence-electron chi connectivity index (χ1n) is 13.0. The number of nitrogens with zero attached hydrogens (tertiary/aromatic N) is 2. The lowest BCUT2D eigenvalue weighted by Gasteiger charge is -2.12. The zero-order valence-corrected chi connectivity index (χ0v) is 22.6. The van der Waals surface area contributed by atoms with E-state index in [2.05, 4.69) is 64.7 Å². The van der Waals surface area contributed by atoms with Gasteiger partial charge in [0.15, 0.2) is 0 Å². The number of imidazole rings is 1. The number of aromatic nitrogens is 2. The van der Waals surface area contributed by atoms with Crippen molar-refractivity contribution in [3.63, 3.8) is 0 Å². The third-order valence-electron chi connectivity index (χ3n) is 7.61. The summed E-state index contributed by atoms with van der Waals surface area (Å²) in [6.07, 6.45) is 5.18. The molecule has 0 saturated heterocycles. The van der Waals surface area contributed by atoms with Crippen LogP contribution < -0.4 is 10.1 Å². The molecule has 0 spiro atoms. The van der Waals surface area contributed by atoms with E-state index in [1.165, 1.54) is 16.7 Å². The van der Waals surface area contributed by atoms with E-state index in [9.17, 15) is 4.79 Å². The Hall–Kier alpha value is -3.96. The van der Waals surface area contributed by atoms with E-state index in [0.29, 0.717) is 16.4 Å². The molecule has 0 atom stereocenters. The van der Waals surface area contributed by atoms with Crippen LogP contribution in [0.15, 0.2) is 72.9 Å². The van der Waals surface area contributed by atoms with Crippen molar-refractivity contribution in [1.82, 2.24) is 8.97 Å². The Bertz CT molecular complexity index is 1680. The Kier molecular flexibility index (Phi) is 6.24. The number of nitrogens with one attached hydrogen (secondary N) is 1. The molecule has 0 saturated carbocycles. The van der Waals surface area contributed by atoms with Crippen LogP contribution in [0.4, 0.5) is 5.69 Å². The summed E-state index contributed by atoms with van der Waals surface area (Å²) in [6.45, 7) is 5.14. The zero-order valence-electron chi connectivity index (χ0n) is 21.8. The number of anilines is 1. The quantitative estimate of drug-likeness (QED) is 0.254. The van der Waals surface area contributed by atoms with Gasteiger partial charge in [0.2, 0.25) is 0 Å². The molecule has 0 fully saturated rings. The largest absolute Gasteiger partial charge is 0.497 e. The molecule has 38 heavy (non-hydrogen) atoms. The summed E-state index contributed by atoms with van der Waals surface area (Å²) in [5, 5.41) is 3.70. The monoisotopic (exact) mass is 523 g/mol. The molecule has 1 aliphatic heterocycles. The maximum Gasteiger partial charge on any atom is 0.273 e. The van der Waals surface area contributed by atoms with Crippen LogP contribution in [-0.4, -0.2) is 22.0 Å². The van der Waals surface area contributed by atoms with E-state index >= 15 is 0 Å². The van der Waals surface area contributed by atoms with Gasteiger partial charge in [0.05, 0.1) is 12.8 Å². The first-order valence-corrected chi connectivity index (χ1v) is 13.4. The van der Waals surface area contributed by atoms with Crippen molar-refractivity contribution in [2.75, 3.05) is 12.4 Å². The highest BCUT2D eigenvalue weighted by molar-refractivity contribution is 6.31. The Morgan fingerprint density at radius 3 is 2.47 bits per heavy atom. The molecule has 5 aromatic rings. The van der Waals surface area contributed by atoms with Crippen molar-refractivity contribution in [2.45, 2.75) is 39.7 Å². The average Bonchev–Trinajstić information content (AvgIpc) is 3.33. The molecule has 192 valence electrons. The molecule has 1 amide bonds. The van der Waals surface area contributed by atoms with Crippen molar-refractivity contribution in [2.24, 2.45) is 0 Å². The smallest absolute Gasteiger partial charge is 0.273 e. The minimum absolute atomic E-state index is 0.152. The van der Waals surface area contributed by atoms with Gasteiger partial charge < -0.3 is 14.6 Å². The molecule has 2 aromatic heterocycles. The number of carbonyl (C=O) groups excluding carboxylic acids is 1. The fourth-order valence-electron chi connectivity index (χ4n) is 5.57. The number of methoxy groups -OCH3 is 1. The predicted octanol–water partition coefficient (Wildman–Crippen LogP) is 7.94. The summed E-state index contributed by atoms with van der Waals surface area (Å²) in [5.74, 6) is 0.669. The van der Waals surface area contributed by atoms with Crippen molar-refractivity contribution >= 4 is 28.8 Å². The maximum absolute atomic E-state index is 14.1. The Morgan fingerprint density at radius 1 is 0.947 bits per heavy atom. The highest BCUT2D eigenvalue weighted by Crippen LogP contribution is 2.40. The summed E-state index contributed by atoms with van der Waals surface area (Å²) < 4.78 is 9.86. The van der Waals surface area contributed by atoms with Crippen molar-refractivity contribution in [3.05, 3.63) is 100 Å². The number of hydrogen-bond acceptors (Lipinski definition) is 2. The second-order valence-corrected chi connectivity index (χ2v) is 10.4. The van der Waals surface area contributed by atoms with Gasteiger partial charge in [-0.05, 0) is 97.8 Å². The lowest BCUT2D eigenvalue weighted by molar-refractivity contribution is 0.102. The molecule has 3 aromatic carbocycles. The highest BCUT2D eigenvalue weighted by Gasteiger charge is 2.29. The van der Waals surface area contributed by atoms with Crippen LogP contribution in [0.3, 0.4) is 0 Å². The first kappa shape index (κ1) is 24.4. The van der Waals surface area contributed by atoms with Gasteiger partial charge in [0.25, 0.3) is 5.91 Å². The molecule has 0 unspecified atom stereocenters. The molecule has 6 heteroatoms. The summed E-state index contributed by atoms with van der Waals surface area (Å²) in [7, 11) is 1.68.